The lowest BCUT2D eigenvalue weighted by molar-refractivity contribution is 0.344. The Labute approximate surface area is 205 Å². The number of anilines is 3. The second kappa shape index (κ2) is 10.2. The predicted molar refractivity (Wildman–Crippen MR) is 134 cm³/mol. The molecule has 0 aliphatic rings. The van der Waals surface area contributed by atoms with Gasteiger partial charge in [-0.2, -0.15) is 0 Å². The summed E-state index contributed by atoms with van der Waals surface area (Å²) in [6.45, 7) is 1.28. The van der Waals surface area contributed by atoms with E-state index in [4.69, 9.17) is 16.2 Å². The fraction of sp³-hybridized carbons (Fsp3) is 0.217. The maximum Gasteiger partial charge on any atom is 0.232 e. The molecule has 188 valence electrons. The quantitative estimate of drug-likeness (QED) is 0.303. The van der Waals surface area contributed by atoms with Crippen molar-refractivity contribution in [2.75, 3.05) is 35.2 Å². The number of nitrogen functional groups attached to an aromatic ring is 2. The maximum absolute atomic E-state index is 15.4. The number of rotatable bonds is 9. The summed E-state index contributed by atoms with van der Waals surface area (Å²) in [5.41, 5.74) is 12.9. The Morgan fingerprint density at radius 2 is 1.83 bits per heavy atom. The Kier molecular flexibility index (Phi) is 7.10. The van der Waals surface area contributed by atoms with Gasteiger partial charge in [-0.25, -0.2) is 32.7 Å². The first-order chi connectivity index (χ1) is 17.2. The molecule has 0 bridgehead atoms. The van der Waals surface area contributed by atoms with Crippen molar-refractivity contribution in [1.29, 1.82) is 0 Å². The number of hydrogen-bond donors (Lipinski definition) is 3. The smallest absolute Gasteiger partial charge is 0.232 e. The summed E-state index contributed by atoms with van der Waals surface area (Å²) in [4.78, 5) is 16.8. The molecule has 0 spiro atoms. The van der Waals surface area contributed by atoms with Gasteiger partial charge in [0.2, 0.25) is 16.0 Å². The van der Waals surface area contributed by atoms with Crippen molar-refractivity contribution in [3.63, 3.8) is 0 Å². The van der Waals surface area contributed by atoms with Gasteiger partial charge in [0.15, 0.2) is 11.6 Å². The average molecular weight is 516 g/mol. The molecular weight excluding hydrogens is 492 g/mol. The summed E-state index contributed by atoms with van der Waals surface area (Å²) >= 11 is 0. The van der Waals surface area contributed by atoms with Crippen molar-refractivity contribution in [1.82, 2.24) is 19.9 Å². The minimum Gasteiger partial charge on any atom is -0.492 e. The van der Waals surface area contributed by atoms with Gasteiger partial charge in [0.25, 0.3) is 0 Å². The summed E-state index contributed by atoms with van der Waals surface area (Å²) in [5, 5.41) is 0.407. The Bertz CT molecular complexity index is 1520. The van der Waals surface area contributed by atoms with Gasteiger partial charge in [-0.3, -0.25) is 9.11 Å². The van der Waals surface area contributed by atoms with Crippen LogP contribution in [0.15, 0.2) is 42.7 Å². The zero-order chi connectivity index (χ0) is 25.9. The highest BCUT2D eigenvalue weighted by Gasteiger charge is 2.19. The molecule has 4 aromatic rings. The van der Waals surface area contributed by atoms with Crippen LogP contribution in [0.1, 0.15) is 13.3 Å². The molecule has 2 aromatic heterocycles. The predicted octanol–water partition coefficient (Wildman–Crippen LogP) is 3.56. The van der Waals surface area contributed by atoms with Crippen molar-refractivity contribution in [2.24, 2.45) is 0 Å². The standard InChI is InChI=1S/C23H23F2N7O3S/c1-2-35-18-10-13(15-5-3-6-17(19(15)25)32-36(33,34)8-4-7-24)9-16-20(18)30-22(31-21(16)26)14-11-28-23(27)29-12-14/h3,5-6,9-12,32H,2,4,7-8H2,1H3,(H2,26,30,31)(H2,27,28,29). The van der Waals surface area contributed by atoms with Crippen LogP contribution >= 0.6 is 0 Å². The number of nitrogens with one attached hydrogen (secondary N) is 1. The molecule has 0 aliphatic heterocycles. The van der Waals surface area contributed by atoms with Crippen molar-refractivity contribution >= 4 is 38.4 Å². The molecule has 36 heavy (non-hydrogen) atoms. The molecule has 0 saturated carbocycles. The van der Waals surface area contributed by atoms with E-state index in [1.165, 1.54) is 30.6 Å². The number of halogens is 2. The fourth-order valence-electron chi connectivity index (χ4n) is 3.52. The molecule has 0 saturated heterocycles. The third-order valence-electron chi connectivity index (χ3n) is 5.15. The van der Waals surface area contributed by atoms with E-state index >= 15 is 4.39 Å². The van der Waals surface area contributed by atoms with Crippen LogP contribution in [0, 0.1) is 5.82 Å². The lowest BCUT2D eigenvalue weighted by Crippen LogP contribution is -2.18. The van der Waals surface area contributed by atoms with Crippen LogP contribution in [0.5, 0.6) is 5.75 Å². The second-order valence-electron chi connectivity index (χ2n) is 7.70. The van der Waals surface area contributed by atoms with E-state index in [1.807, 2.05) is 0 Å². The number of sulfonamides is 1. The average Bonchev–Trinajstić information content (AvgIpc) is 2.85. The number of aromatic nitrogens is 4. The monoisotopic (exact) mass is 515 g/mol. The molecule has 10 nitrogen and oxygen atoms in total. The van der Waals surface area contributed by atoms with Gasteiger partial charge in [-0.05, 0) is 37.1 Å². The maximum atomic E-state index is 15.4. The van der Waals surface area contributed by atoms with E-state index in [2.05, 4.69) is 24.7 Å². The third kappa shape index (κ3) is 5.25. The van der Waals surface area contributed by atoms with Gasteiger partial charge < -0.3 is 16.2 Å². The Morgan fingerprint density at radius 1 is 1.08 bits per heavy atom. The summed E-state index contributed by atoms with van der Waals surface area (Å²) in [7, 11) is -3.92. The number of benzene rings is 2. The normalized spacial score (nSPS) is 11.5. The molecule has 2 aromatic carbocycles. The third-order valence-corrected chi connectivity index (χ3v) is 6.50. The SMILES string of the molecule is CCOc1cc(-c2cccc(NS(=O)(=O)CCCF)c2F)cc2c(N)nc(-c3cnc(N)nc3)nc12. The molecule has 4 rings (SSSR count). The number of ether oxygens (including phenoxy) is 1. The van der Waals surface area contributed by atoms with Crippen molar-refractivity contribution < 1.29 is 21.9 Å². The van der Waals surface area contributed by atoms with Gasteiger partial charge in [0.05, 0.1) is 30.3 Å². The Balaban J connectivity index is 1.82. The minimum absolute atomic E-state index is 0.0963. The van der Waals surface area contributed by atoms with Gasteiger partial charge in [0.1, 0.15) is 17.1 Å². The first-order valence-electron chi connectivity index (χ1n) is 10.9. The van der Waals surface area contributed by atoms with Crippen LogP contribution in [0.2, 0.25) is 0 Å². The van der Waals surface area contributed by atoms with Crippen LogP contribution in [0.3, 0.4) is 0 Å². The van der Waals surface area contributed by atoms with Crippen LogP contribution in [-0.4, -0.2) is 47.4 Å². The largest absolute Gasteiger partial charge is 0.492 e. The second-order valence-corrected chi connectivity index (χ2v) is 9.54. The van der Waals surface area contributed by atoms with Gasteiger partial charge in [0, 0.05) is 23.3 Å². The van der Waals surface area contributed by atoms with Crippen LogP contribution in [-0.2, 0) is 10.0 Å². The van der Waals surface area contributed by atoms with Crippen LogP contribution in [0.4, 0.5) is 26.2 Å². The van der Waals surface area contributed by atoms with E-state index in [1.54, 1.807) is 19.1 Å². The molecule has 5 N–H and O–H groups in total. The number of nitrogens with zero attached hydrogens (tertiary/aromatic N) is 4. The number of alkyl halides is 1. The van der Waals surface area contributed by atoms with E-state index in [0.29, 0.717) is 34.4 Å². The lowest BCUT2D eigenvalue weighted by atomic mass is 10.0. The first-order valence-corrected chi connectivity index (χ1v) is 12.5. The molecule has 0 aliphatic carbocycles. The molecule has 0 atom stereocenters. The van der Waals surface area contributed by atoms with Crippen molar-refractivity contribution in [3.05, 3.63) is 48.5 Å². The molecule has 0 unspecified atom stereocenters. The van der Waals surface area contributed by atoms with Crippen molar-refractivity contribution in [2.45, 2.75) is 13.3 Å². The van der Waals surface area contributed by atoms with Crippen molar-refractivity contribution in [3.8, 4) is 28.3 Å². The number of nitrogens with two attached hydrogens (primary N) is 2. The summed E-state index contributed by atoms with van der Waals surface area (Å²) in [6, 6.07) is 7.45. The zero-order valence-electron chi connectivity index (χ0n) is 19.2. The summed E-state index contributed by atoms with van der Waals surface area (Å²) in [5.74, 6) is -0.487. The molecule has 0 amide bonds. The van der Waals surface area contributed by atoms with Gasteiger partial charge in [-0.15, -0.1) is 0 Å². The fourth-order valence-corrected chi connectivity index (χ4v) is 4.61. The van der Waals surface area contributed by atoms with Crippen LogP contribution < -0.4 is 20.9 Å². The molecule has 2 heterocycles. The summed E-state index contributed by atoms with van der Waals surface area (Å²) < 4.78 is 60.1. The minimum atomic E-state index is -3.92. The highest BCUT2D eigenvalue weighted by molar-refractivity contribution is 7.92. The highest BCUT2D eigenvalue weighted by Crippen LogP contribution is 2.37. The van der Waals surface area contributed by atoms with Gasteiger partial charge in [-0.1, -0.05) is 12.1 Å². The first kappa shape index (κ1) is 25.0. The number of fused-ring (bicyclic) bond motifs is 1. The Morgan fingerprint density at radius 3 is 2.53 bits per heavy atom. The van der Waals surface area contributed by atoms with Crippen LogP contribution in [0.25, 0.3) is 33.4 Å². The van der Waals surface area contributed by atoms with E-state index in [-0.39, 0.29) is 35.3 Å². The molecule has 0 fully saturated rings. The van der Waals surface area contributed by atoms with E-state index in [0.717, 1.165) is 0 Å². The molecule has 0 radical (unpaired) electrons. The van der Waals surface area contributed by atoms with Gasteiger partial charge >= 0.3 is 0 Å². The van der Waals surface area contributed by atoms with E-state index in [9.17, 15) is 12.8 Å². The molecular formula is C23H23F2N7O3S. The topological polar surface area (TPSA) is 159 Å². The lowest BCUT2D eigenvalue weighted by Gasteiger charge is -2.15. The highest BCUT2D eigenvalue weighted by atomic mass is 32.2. The number of hydrogen-bond acceptors (Lipinski definition) is 9. The molecule has 13 heteroatoms. The summed E-state index contributed by atoms with van der Waals surface area (Å²) in [6.07, 6.45) is 2.74. The Hall–Kier alpha value is -4.13. The van der Waals surface area contributed by atoms with E-state index < -0.39 is 28.3 Å². The zero-order valence-corrected chi connectivity index (χ0v) is 20.0.